The lowest BCUT2D eigenvalue weighted by Gasteiger charge is -2.19. The van der Waals surface area contributed by atoms with Crippen LogP contribution in [0.25, 0.3) is 0 Å². The molecule has 5 nitrogen and oxygen atoms in total. The summed E-state index contributed by atoms with van der Waals surface area (Å²) in [6, 6.07) is 3.51. The zero-order valence-corrected chi connectivity index (χ0v) is 11.2. The smallest absolute Gasteiger partial charge is 0.156 e. The van der Waals surface area contributed by atoms with Gasteiger partial charge in [0.2, 0.25) is 0 Å². The largest absolute Gasteiger partial charge is 0.486 e. The highest BCUT2D eigenvalue weighted by atomic mass is 32.2. The first-order chi connectivity index (χ1) is 8.78. The topological polar surface area (TPSA) is 89.6 Å². The molecule has 0 radical (unpaired) electrons. The van der Waals surface area contributed by atoms with Crippen LogP contribution in [0.4, 0.5) is 4.39 Å². The van der Waals surface area contributed by atoms with Crippen LogP contribution < -0.4 is 10.5 Å². The Morgan fingerprint density at radius 2 is 2.16 bits per heavy atom. The maximum atomic E-state index is 13.2. The molecule has 0 spiro atoms. The Hall–Kier alpha value is -1.18. The van der Waals surface area contributed by atoms with E-state index in [0.717, 1.165) is 6.07 Å². The summed E-state index contributed by atoms with van der Waals surface area (Å²) >= 11 is 0. The summed E-state index contributed by atoms with van der Waals surface area (Å²) in [6.07, 6.45) is -1.99. The third-order valence-electron chi connectivity index (χ3n) is 3.02. The highest BCUT2D eigenvalue weighted by molar-refractivity contribution is 7.91. The van der Waals surface area contributed by atoms with E-state index in [1.165, 1.54) is 12.1 Å². The van der Waals surface area contributed by atoms with Crippen LogP contribution in [-0.4, -0.2) is 37.2 Å². The fraction of sp³-hybridized carbons (Fsp3) is 0.500. The highest BCUT2D eigenvalue weighted by Crippen LogP contribution is 2.28. The van der Waals surface area contributed by atoms with Crippen LogP contribution in [0.3, 0.4) is 0 Å². The van der Waals surface area contributed by atoms with Crippen molar-refractivity contribution in [3.63, 3.8) is 0 Å². The van der Waals surface area contributed by atoms with E-state index in [-0.39, 0.29) is 23.3 Å². The predicted octanol–water partition coefficient (Wildman–Crippen LogP) is 0.382. The molecule has 19 heavy (non-hydrogen) atoms. The van der Waals surface area contributed by atoms with Crippen molar-refractivity contribution in [3.8, 4) is 5.75 Å². The Labute approximate surface area is 111 Å². The zero-order valence-electron chi connectivity index (χ0n) is 10.4. The number of hydrogen-bond acceptors (Lipinski definition) is 5. The van der Waals surface area contributed by atoms with Crippen molar-refractivity contribution in [2.75, 3.05) is 11.5 Å². The molecule has 3 N–H and O–H groups in total. The Morgan fingerprint density at radius 3 is 2.68 bits per heavy atom. The van der Waals surface area contributed by atoms with Crippen molar-refractivity contribution in [1.82, 2.24) is 0 Å². The number of halogens is 1. The molecule has 1 aliphatic rings. The molecule has 1 aromatic rings. The Morgan fingerprint density at radius 1 is 1.47 bits per heavy atom. The molecule has 0 bridgehead atoms. The van der Waals surface area contributed by atoms with Crippen LogP contribution in [-0.2, 0) is 9.84 Å². The summed E-state index contributed by atoms with van der Waals surface area (Å²) in [5, 5.41) is 9.66. The fourth-order valence-corrected chi connectivity index (χ4v) is 3.72. The molecule has 0 aliphatic carbocycles. The summed E-state index contributed by atoms with van der Waals surface area (Å²) in [7, 11) is -3.31. The standard InChI is InChI=1S/C12H16FNO4S/c1-7(14)9-3-2-8(13)4-11(9)18-12-6-19(16,17)5-10(12)15/h2-4,7,10,12,15H,5-6,14H2,1H3. The second-order valence-corrected chi connectivity index (χ2v) is 6.93. The number of rotatable bonds is 3. The molecule has 1 heterocycles. The first-order valence-corrected chi connectivity index (χ1v) is 7.71. The minimum absolute atomic E-state index is 0.177. The number of hydrogen-bond donors (Lipinski definition) is 2. The molecule has 106 valence electrons. The number of nitrogens with two attached hydrogens (primary N) is 1. The van der Waals surface area contributed by atoms with Crippen LogP contribution in [0.5, 0.6) is 5.75 Å². The van der Waals surface area contributed by atoms with Gasteiger partial charge < -0.3 is 15.6 Å². The molecule has 7 heteroatoms. The van der Waals surface area contributed by atoms with Gasteiger partial charge in [-0.1, -0.05) is 6.07 Å². The molecule has 3 atom stereocenters. The van der Waals surface area contributed by atoms with Gasteiger partial charge in [0.1, 0.15) is 23.8 Å². The lowest BCUT2D eigenvalue weighted by atomic mass is 10.1. The van der Waals surface area contributed by atoms with Crippen molar-refractivity contribution in [3.05, 3.63) is 29.6 Å². The molecule has 0 amide bonds. The number of ether oxygens (including phenoxy) is 1. The lowest BCUT2D eigenvalue weighted by Crippen LogP contribution is -2.30. The molecular weight excluding hydrogens is 273 g/mol. The Bertz CT molecular complexity index is 573. The minimum Gasteiger partial charge on any atom is -0.486 e. The van der Waals surface area contributed by atoms with Crippen molar-refractivity contribution in [1.29, 1.82) is 0 Å². The quantitative estimate of drug-likeness (QED) is 0.840. The molecule has 3 unspecified atom stereocenters. The fourth-order valence-electron chi connectivity index (χ4n) is 2.06. The van der Waals surface area contributed by atoms with E-state index in [2.05, 4.69) is 0 Å². The third-order valence-corrected chi connectivity index (χ3v) is 4.70. The normalized spacial score (nSPS) is 27.2. The average Bonchev–Trinajstić information content (AvgIpc) is 2.51. The average molecular weight is 289 g/mol. The summed E-state index contributed by atoms with van der Waals surface area (Å²) in [4.78, 5) is 0. The van der Waals surface area contributed by atoms with Gasteiger partial charge in [-0.15, -0.1) is 0 Å². The predicted molar refractivity (Wildman–Crippen MR) is 68.1 cm³/mol. The zero-order chi connectivity index (χ0) is 14.2. The van der Waals surface area contributed by atoms with E-state index in [1.807, 2.05) is 0 Å². The molecule has 0 aromatic heterocycles. The number of benzene rings is 1. The van der Waals surface area contributed by atoms with Gasteiger partial charge in [0.05, 0.1) is 11.5 Å². The van der Waals surface area contributed by atoms with Crippen molar-refractivity contribution < 1.29 is 22.7 Å². The van der Waals surface area contributed by atoms with E-state index in [1.54, 1.807) is 6.92 Å². The first-order valence-electron chi connectivity index (χ1n) is 5.88. The van der Waals surface area contributed by atoms with E-state index in [9.17, 15) is 17.9 Å². The summed E-state index contributed by atoms with van der Waals surface area (Å²) in [5.74, 6) is -0.935. The highest BCUT2D eigenvalue weighted by Gasteiger charge is 2.38. The van der Waals surface area contributed by atoms with Gasteiger partial charge in [-0.25, -0.2) is 12.8 Å². The van der Waals surface area contributed by atoms with E-state index >= 15 is 0 Å². The van der Waals surface area contributed by atoms with Crippen molar-refractivity contribution in [2.24, 2.45) is 5.73 Å². The van der Waals surface area contributed by atoms with Gasteiger partial charge >= 0.3 is 0 Å². The van der Waals surface area contributed by atoms with Crippen LogP contribution >= 0.6 is 0 Å². The molecular formula is C12H16FNO4S. The van der Waals surface area contributed by atoms with Gasteiger partial charge in [-0.05, 0) is 13.0 Å². The van der Waals surface area contributed by atoms with Gasteiger partial charge in [-0.3, -0.25) is 0 Å². The lowest BCUT2D eigenvalue weighted by molar-refractivity contribution is 0.0727. The Kier molecular flexibility index (Phi) is 3.80. The van der Waals surface area contributed by atoms with Crippen molar-refractivity contribution in [2.45, 2.75) is 25.2 Å². The monoisotopic (exact) mass is 289 g/mol. The SMILES string of the molecule is CC(N)c1ccc(F)cc1OC1CS(=O)(=O)CC1O. The summed E-state index contributed by atoms with van der Waals surface area (Å²) < 4.78 is 41.5. The molecule has 1 fully saturated rings. The van der Waals surface area contributed by atoms with Crippen LogP contribution in [0.2, 0.25) is 0 Å². The first kappa shape index (κ1) is 14.2. The maximum Gasteiger partial charge on any atom is 0.156 e. The second-order valence-electron chi connectivity index (χ2n) is 4.77. The van der Waals surface area contributed by atoms with Crippen molar-refractivity contribution >= 4 is 9.84 Å². The summed E-state index contributed by atoms with van der Waals surface area (Å²) in [5.41, 5.74) is 6.31. The van der Waals surface area contributed by atoms with Gasteiger partial charge in [0.25, 0.3) is 0 Å². The number of aliphatic hydroxyl groups excluding tert-OH is 1. The van der Waals surface area contributed by atoms with Crippen LogP contribution in [0.1, 0.15) is 18.5 Å². The van der Waals surface area contributed by atoms with Gasteiger partial charge in [-0.2, -0.15) is 0 Å². The molecule has 1 aromatic carbocycles. The van der Waals surface area contributed by atoms with Gasteiger partial charge in [0.15, 0.2) is 9.84 Å². The molecule has 2 rings (SSSR count). The van der Waals surface area contributed by atoms with E-state index in [0.29, 0.717) is 5.56 Å². The Balaban J connectivity index is 2.26. The van der Waals surface area contributed by atoms with Crippen LogP contribution in [0, 0.1) is 5.82 Å². The minimum atomic E-state index is -3.31. The van der Waals surface area contributed by atoms with E-state index < -0.39 is 27.9 Å². The summed E-state index contributed by atoms with van der Waals surface area (Å²) in [6.45, 7) is 1.71. The maximum absolute atomic E-state index is 13.2. The number of sulfone groups is 1. The second kappa shape index (κ2) is 5.07. The van der Waals surface area contributed by atoms with Crippen LogP contribution in [0.15, 0.2) is 18.2 Å². The number of aliphatic hydroxyl groups is 1. The molecule has 0 saturated carbocycles. The molecule has 1 saturated heterocycles. The van der Waals surface area contributed by atoms with Gasteiger partial charge in [0, 0.05) is 17.7 Å². The third kappa shape index (κ3) is 3.23. The molecule has 1 aliphatic heterocycles. The van der Waals surface area contributed by atoms with E-state index in [4.69, 9.17) is 10.5 Å².